The van der Waals surface area contributed by atoms with Crippen molar-refractivity contribution in [1.82, 2.24) is 4.90 Å². The third kappa shape index (κ3) is 4.63. The number of carbonyl (C=O) groups excluding carboxylic acids is 1. The standard InChI is InChI=1S/C18H19Cl2NO2/c1-3-9-23-17-15(19)10-14(11-16(17)20)18(22)21(2)12-13-7-5-4-6-8-13/h4-8,10-11H,3,9,12H2,1-2H3. The lowest BCUT2D eigenvalue weighted by atomic mass is 10.1. The quantitative estimate of drug-likeness (QED) is 0.728. The minimum Gasteiger partial charge on any atom is -0.490 e. The molecule has 0 aromatic heterocycles. The average molecular weight is 352 g/mol. The highest BCUT2D eigenvalue weighted by molar-refractivity contribution is 6.37. The number of benzene rings is 2. The summed E-state index contributed by atoms with van der Waals surface area (Å²) < 4.78 is 5.52. The van der Waals surface area contributed by atoms with Crippen molar-refractivity contribution in [2.75, 3.05) is 13.7 Å². The van der Waals surface area contributed by atoms with Crippen LogP contribution < -0.4 is 4.74 Å². The van der Waals surface area contributed by atoms with Gasteiger partial charge < -0.3 is 9.64 Å². The molecule has 0 atom stereocenters. The average Bonchev–Trinajstić information content (AvgIpc) is 2.54. The van der Waals surface area contributed by atoms with Crippen LogP contribution in [0.25, 0.3) is 0 Å². The molecule has 122 valence electrons. The van der Waals surface area contributed by atoms with Crippen LogP contribution in [-0.4, -0.2) is 24.5 Å². The van der Waals surface area contributed by atoms with E-state index in [2.05, 4.69) is 0 Å². The van der Waals surface area contributed by atoms with Gasteiger partial charge in [-0.25, -0.2) is 0 Å². The molecular weight excluding hydrogens is 333 g/mol. The van der Waals surface area contributed by atoms with Gasteiger partial charge in [0.15, 0.2) is 5.75 Å². The van der Waals surface area contributed by atoms with Gasteiger partial charge in [0, 0.05) is 19.2 Å². The minimum atomic E-state index is -0.139. The van der Waals surface area contributed by atoms with Gasteiger partial charge in [-0.3, -0.25) is 4.79 Å². The Labute approximate surface area is 146 Å². The van der Waals surface area contributed by atoms with E-state index in [0.717, 1.165) is 12.0 Å². The Balaban J connectivity index is 2.15. The number of hydrogen-bond donors (Lipinski definition) is 0. The molecule has 0 radical (unpaired) electrons. The molecule has 0 unspecified atom stereocenters. The topological polar surface area (TPSA) is 29.5 Å². The summed E-state index contributed by atoms with van der Waals surface area (Å²) in [7, 11) is 1.75. The Morgan fingerprint density at radius 2 is 1.74 bits per heavy atom. The molecule has 2 rings (SSSR count). The summed E-state index contributed by atoms with van der Waals surface area (Å²) >= 11 is 12.4. The third-order valence-corrected chi connectivity index (χ3v) is 3.87. The first-order valence-corrected chi connectivity index (χ1v) is 8.19. The van der Waals surface area contributed by atoms with Gasteiger partial charge in [0.1, 0.15) is 0 Å². The molecule has 0 spiro atoms. The zero-order chi connectivity index (χ0) is 16.8. The number of halogens is 2. The van der Waals surface area contributed by atoms with Crippen LogP contribution in [0.3, 0.4) is 0 Å². The van der Waals surface area contributed by atoms with Crippen molar-refractivity contribution in [3.05, 3.63) is 63.6 Å². The predicted octanol–water partition coefficient (Wildman–Crippen LogP) is 5.05. The highest BCUT2D eigenvalue weighted by Crippen LogP contribution is 2.34. The molecular formula is C18H19Cl2NO2. The summed E-state index contributed by atoms with van der Waals surface area (Å²) in [6.45, 7) is 3.04. The Hall–Kier alpha value is -1.71. The number of ether oxygens (including phenoxy) is 1. The molecule has 23 heavy (non-hydrogen) atoms. The molecule has 0 saturated heterocycles. The van der Waals surface area contributed by atoms with Gasteiger partial charge in [-0.2, -0.15) is 0 Å². The van der Waals surface area contributed by atoms with Crippen LogP contribution in [0.1, 0.15) is 29.3 Å². The molecule has 0 aliphatic heterocycles. The third-order valence-electron chi connectivity index (χ3n) is 3.31. The molecule has 0 heterocycles. The maximum Gasteiger partial charge on any atom is 0.254 e. The lowest BCUT2D eigenvalue weighted by Crippen LogP contribution is -2.26. The second kappa shape index (κ2) is 8.23. The highest BCUT2D eigenvalue weighted by atomic mass is 35.5. The lowest BCUT2D eigenvalue weighted by Gasteiger charge is -2.18. The summed E-state index contributed by atoms with van der Waals surface area (Å²) in [4.78, 5) is 14.2. The van der Waals surface area contributed by atoms with Crippen molar-refractivity contribution in [3.8, 4) is 5.75 Å². The zero-order valence-corrected chi connectivity index (χ0v) is 14.7. The lowest BCUT2D eigenvalue weighted by molar-refractivity contribution is 0.0785. The molecule has 5 heteroatoms. The second-order valence-electron chi connectivity index (χ2n) is 5.26. The van der Waals surface area contributed by atoms with Crippen LogP contribution in [-0.2, 0) is 6.54 Å². The molecule has 2 aromatic carbocycles. The zero-order valence-electron chi connectivity index (χ0n) is 13.2. The first-order chi connectivity index (χ1) is 11.0. The van der Waals surface area contributed by atoms with E-state index in [0.29, 0.717) is 34.5 Å². The fraction of sp³-hybridized carbons (Fsp3) is 0.278. The van der Waals surface area contributed by atoms with Crippen LogP contribution in [0, 0.1) is 0 Å². The summed E-state index contributed by atoms with van der Waals surface area (Å²) in [6.07, 6.45) is 0.854. The Kier molecular flexibility index (Phi) is 6.31. The van der Waals surface area contributed by atoms with Gasteiger partial charge in [-0.15, -0.1) is 0 Å². The summed E-state index contributed by atoms with van der Waals surface area (Å²) in [5.41, 5.74) is 1.51. The number of hydrogen-bond acceptors (Lipinski definition) is 2. The SMILES string of the molecule is CCCOc1c(Cl)cc(C(=O)N(C)Cc2ccccc2)cc1Cl. The van der Waals surface area contributed by atoms with E-state index in [1.165, 1.54) is 0 Å². The van der Waals surface area contributed by atoms with E-state index in [1.807, 2.05) is 37.3 Å². The van der Waals surface area contributed by atoms with Crippen LogP contribution >= 0.6 is 23.2 Å². The van der Waals surface area contributed by atoms with Crippen molar-refractivity contribution in [3.63, 3.8) is 0 Å². The van der Waals surface area contributed by atoms with E-state index in [1.54, 1.807) is 24.1 Å². The molecule has 1 amide bonds. The number of rotatable bonds is 6. The first kappa shape index (κ1) is 17.6. The molecule has 2 aromatic rings. The fourth-order valence-corrected chi connectivity index (χ4v) is 2.77. The number of carbonyl (C=O) groups is 1. The highest BCUT2D eigenvalue weighted by Gasteiger charge is 2.17. The van der Waals surface area contributed by atoms with Gasteiger partial charge >= 0.3 is 0 Å². The van der Waals surface area contributed by atoms with E-state index in [4.69, 9.17) is 27.9 Å². The number of nitrogens with zero attached hydrogens (tertiary/aromatic N) is 1. The monoisotopic (exact) mass is 351 g/mol. The van der Waals surface area contributed by atoms with Crippen molar-refractivity contribution in [1.29, 1.82) is 0 Å². The van der Waals surface area contributed by atoms with Crippen molar-refractivity contribution >= 4 is 29.1 Å². The summed E-state index contributed by atoms with van der Waals surface area (Å²) in [5, 5.41) is 0.699. The fourth-order valence-electron chi connectivity index (χ4n) is 2.17. The summed E-state index contributed by atoms with van der Waals surface area (Å²) in [6, 6.07) is 13.0. The normalized spacial score (nSPS) is 10.4. The molecule has 0 aliphatic rings. The van der Waals surface area contributed by atoms with Crippen LogP contribution in [0.2, 0.25) is 10.0 Å². The van der Waals surface area contributed by atoms with Gasteiger partial charge in [0.25, 0.3) is 5.91 Å². The Morgan fingerprint density at radius 1 is 1.13 bits per heavy atom. The first-order valence-electron chi connectivity index (χ1n) is 7.44. The van der Waals surface area contributed by atoms with Gasteiger partial charge in [0.2, 0.25) is 0 Å². The molecule has 0 saturated carbocycles. The minimum absolute atomic E-state index is 0.139. The Bertz CT molecular complexity index is 651. The predicted molar refractivity (Wildman–Crippen MR) is 94.5 cm³/mol. The van der Waals surface area contributed by atoms with E-state index in [9.17, 15) is 4.79 Å². The van der Waals surface area contributed by atoms with Gasteiger partial charge in [-0.1, -0.05) is 60.5 Å². The van der Waals surface area contributed by atoms with Gasteiger partial charge in [0.05, 0.1) is 16.7 Å². The largest absolute Gasteiger partial charge is 0.490 e. The van der Waals surface area contributed by atoms with Crippen molar-refractivity contribution in [2.24, 2.45) is 0 Å². The molecule has 3 nitrogen and oxygen atoms in total. The van der Waals surface area contributed by atoms with Crippen LogP contribution in [0.15, 0.2) is 42.5 Å². The van der Waals surface area contributed by atoms with Crippen molar-refractivity contribution < 1.29 is 9.53 Å². The summed E-state index contributed by atoms with van der Waals surface area (Å²) in [5.74, 6) is 0.289. The molecule has 0 aliphatic carbocycles. The Morgan fingerprint density at radius 3 is 2.30 bits per heavy atom. The van der Waals surface area contributed by atoms with Gasteiger partial charge in [-0.05, 0) is 24.1 Å². The molecule has 0 bridgehead atoms. The smallest absolute Gasteiger partial charge is 0.254 e. The second-order valence-corrected chi connectivity index (χ2v) is 6.08. The van der Waals surface area contributed by atoms with Crippen LogP contribution in [0.4, 0.5) is 0 Å². The molecule has 0 N–H and O–H groups in total. The maximum absolute atomic E-state index is 12.5. The van der Waals surface area contributed by atoms with E-state index < -0.39 is 0 Å². The number of amides is 1. The maximum atomic E-state index is 12.5. The van der Waals surface area contributed by atoms with Crippen molar-refractivity contribution in [2.45, 2.75) is 19.9 Å². The van der Waals surface area contributed by atoms with E-state index >= 15 is 0 Å². The van der Waals surface area contributed by atoms with Crippen LogP contribution in [0.5, 0.6) is 5.75 Å². The van der Waals surface area contributed by atoms with E-state index in [-0.39, 0.29) is 5.91 Å². The molecule has 0 fully saturated rings.